The van der Waals surface area contributed by atoms with Crippen LogP contribution in [0.5, 0.6) is 0 Å². The maximum Gasteiger partial charge on any atom is 0.394 e. The molecule has 1 fully saturated rings. The van der Waals surface area contributed by atoms with Crippen molar-refractivity contribution in [2.75, 3.05) is 13.1 Å². The second-order valence-electron chi connectivity index (χ2n) is 11.3. The number of nitrogens with zero attached hydrogens (tertiary/aromatic N) is 3. The summed E-state index contributed by atoms with van der Waals surface area (Å²) < 4.78 is 70.3. The zero-order valence-electron chi connectivity index (χ0n) is 23.1. The number of pyridine rings is 1. The molecule has 6 rings (SSSR count). The Labute approximate surface area is 243 Å². The van der Waals surface area contributed by atoms with Crippen molar-refractivity contribution in [2.45, 2.75) is 62.7 Å². The number of urea groups is 1. The summed E-state index contributed by atoms with van der Waals surface area (Å²) in [6.45, 7) is 0.750. The molecule has 2 aliphatic rings. The molecule has 2 atom stereocenters. The van der Waals surface area contributed by atoms with E-state index in [1.165, 1.54) is 16.7 Å². The highest BCUT2D eigenvalue weighted by molar-refractivity contribution is 5.79. The maximum atomic E-state index is 14.7. The van der Waals surface area contributed by atoms with Crippen LogP contribution in [0.4, 0.5) is 26.7 Å². The summed E-state index contributed by atoms with van der Waals surface area (Å²) in [5.74, 6) is -2.44. The molecule has 2 N–H and O–H groups in total. The van der Waals surface area contributed by atoms with Crippen LogP contribution in [-0.2, 0) is 13.0 Å². The van der Waals surface area contributed by atoms with Gasteiger partial charge in [-0.25, -0.2) is 18.6 Å². The number of likely N-dealkylation sites (tertiary alicyclic amines) is 1. The number of amides is 2. The third-order valence-corrected chi connectivity index (χ3v) is 8.59. The predicted octanol–water partition coefficient (Wildman–Crippen LogP) is 6.32. The smallest absolute Gasteiger partial charge is 0.329 e. The van der Waals surface area contributed by atoms with Gasteiger partial charge in [0, 0.05) is 48.5 Å². The molecule has 2 aliphatic heterocycles. The number of nitrogens with one attached hydrogen (secondary N) is 2. The number of imidazole rings is 1. The molecule has 43 heavy (non-hydrogen) atoms. The Balaban J connectivity index is 1.19. The Morgan fingerprint density at radius 3 is 2.51 bits per heavy atom. The molecule has 0 radical (unpaired) electrons. The Kier molecular flexibility index (Phi) is 7.70. The van der Waals surface area contributed by atoms with Crippen LogP contribution in [0.25, 0.3) is 10.9 Å². The van der Waals surface area contributed by atoms with Crippen LogP contribution in [0.1, 0.15) is 66.2 Å². The van der Waals surface area contributed by atoms with E-state index in [0.717, 1.165) is 23.2 Å². The maximum absolute atomic E-state index is 14.7. The Morgan fingerprint density at radius 2 is 1.74 bits per heavy atom. The van der Waals surface area contributed by atoms with Gasteiger partial charge in [-0.1, -0.05) is 30.3 Å². The first kappa shape index (κ1) is 28.9. The summed E-state index contributed by atoms with van der Waals surface area (Å²) in [4.78, 5) is 34.9. The number of H-pyrrole nitrogens is 1. The summed E-state index contributed by atoms with van der Waals surface area (Å²) in [5.41, 5.74) is 1.26. The second-order valence-corrected chi connectivity index (χ2v) is 11.3. The summed E-state index contributed by atoms with van der Waals surface area (Å²) in [7, 11) is 0. The van der Waals surface area contributed by atoms with Crippen LogP contribution in [0.2, 0.25) is 0 Å². The number of carbonyl (C=O) groups excluding carboxylic acids is 1. The number of aromatic nitrogens is 3. The van der Waals surface area contributed by atoms with Crippen LogP contribution in [-0.4, -0.2) is 44.7 Å². The number of fused-ring (bicyclic) bond motifs is 2. The zero-order chi connectivity index (χ0) is 30.3. The van der Waals surface area contributed by atoms with Crippen molar-refractivity contribution >= 4 is 16.9 Å². The van der Waals surface area contributed by atoms with Crippen LogP contribution < -0.4 is 10.9 Å². The topological polar surface area (TPSA) is 83.0 Å². The Morgan fingerprint density at radius 1 is 0.977 bits per heavy atom. The minimum absolute atomic E-state index is 0.0268. The fraction of sp³-hybridized carbons (Fsp3) is 0.387. The monoisotopic (exact) mass is 599 g/mol. The van der Waals surface area contributed by atoms with Gasteiger partial charge in [0.15, 0.2) is 11.6 Å². The van der Waals surface area contributed by atoms with Crippen LogP contribution in [0, 0.1) is 11.6 Å². The standard InChI is InChI=1S/C31H30F5N5O2/c32-24-6-3-5-22(27(24)33)20-8-9-26(28-37-16-21(41(28)17-20)15-31(34,35)36)39-30(43)40-12-10-18(11-13-40)23-14-19-4-1-2-7-25(19)38-29(23)42/h1-7,14,16,18,20,26H,8-13,15,17H2,(H,38,42)(H,39,43)/t20-,26-/m1/s1. The number of para-hydroxylation sites is 1. The highest BCUT2D eigenvalue weighted by Crippen LogP contribution is 2.36. The molecule has 0 unspecified atom stereocenters. The highest BCUT2D eigenvalue weighted by atomic mass is 19.4. The normalized spacial score (nSPS) is 19.7. The number of alkyl halides is 3. The number of hydrogen-bond acceptors (Lipinski definition) is 3. The molecule has 7 nitrogen and oxygen atoms in total. The fourth-order valence-corrected chi connectivity index (χ4v) is 6.40. The lowest BCUT2D eigenvalue weighted by molar-refractivity contribution is -0.128. The number of halogens is 5. The van der Waals surface area contributed by atoms with Gasteiger partial charge in [0.1, 0.15) is 5.82 Å². The van der Waals surface area contributed by atoms with Gasteiger partial charge < -0.3 is 19.8 Å². The summed E-state index contributed by atoms with van der Waals surface area (Å²) in [6, 6.07) is 12.1. The SMILES string of the molecule is O=C(N[C@@H]1CC[C@@H](c2cccc(F)c2F)Cn2c(CC(F)(F)F)cnc21)N1CCC(c2cc3ccccc3[nH]c2=O)CC1. The van der Waals surface area contributed by atoms with Gasteiger partial charge in [-0.2, -0.15) is 13.2 Å². The van der Waals surface area contributed by atoms with Crippen molar-refractivity contribution < 1.29 is 26.7 Å². The average Bonchev–Trinajstić information content (AvgIpc) is 3.26. The fourth-order valence-electron chi connectivity index (χ4n) is 6.40. The van der Waals surface area contributed by atoms with Crippen molar-refractivity contribution in [3.05, 3.63) is 99.4 Å². The molecular weight excluding hydrogens is 569 g/mol. The number of rotatable bonds is 4. The minimum Gasteiger partial charge on any atom is -0.329 e. The molecule has 0 aliphatic carbocycles. The van der Waals surface area contributed by atoms with Gasteiger partial charge in [-0.05, 0) is 60.7 Å². The van der Waals surface area contributed by atoms with Gasteiger partial charge >= 0.3 is 12.2 Å². The molecule has 2 amide bonds. The van der Waals surface area contributed by atoms with Crippen molar-refractivity contribution in [2.24, 2.45) is 0 Å². The zero-order valence-corrected chi connectivity index (χ0v) is 23.1. The Bertz CT molecular complexity index is 1710. The molecule has 2 aromatic heterocycles. The molecule has 4 heterocycles. The van der Waals surface area contributed by atoms with Gasteiger partial charge in [-0.3, -0.25) is 4.79 Å². The van der Waals surface area contributed by atoms with Crippen LogP contribution in [0.15, 0.2) is 59.5 Å². The largest absolute Gasteiger partial charge is 0.394 e. The number of benzene rings is 2. The molecular formula is C31H30F5N5O2. The molecule has 12 heteroatoms. The number of carbonyl (C=O) groups is 1. The first-order valence-electron chi connectivity index (χ1n) is 14.3. The van der Waals surface area contributed by atoms with E-state index in [2.05, 4.69) is 15.3 Å². The first-order chi connectivity index (χ1) is 20.6. The lowest BCUT2D eigenvalue weighted by Crippen LogP contribution is -2.46. The summed E-state index contributed by atoms with van der Waals surface area (Å²) in [5, 5.41) is 3.87. The molecule has 0 saturated carbocycles. The predicted molar refractivity (Wildman–Crippen MR) is 150 cm³/mol. The van der Waals surface area contributed by atoms with Crippen molar-refractivity contribution in [3.8, 4) is 0 Å². The minimum atomic E-state index is -4.50. The Hall–Kier alpha value is -4.22. The van der Waals surface area contributed by atoms with Gasteiger partial charge in [0.25, 0.3) is 5.56 Å². The molecule has 226 valence electrons. The lowest BCUT2D eigenvalue weighted by Gasteiger charge is -2.33. The number of hydrogen-bond donors (Lipinski definition) is 2. The van der Waals surface area contributed by atoms with E-state index >= 15 is 0 Å². The second kappa shape index (κ2) is 11.5. The molecule has 2 aromatic carbocycles. The van der Waals surface area contributed by atoms with E-state index in [-0.39, 0.29) is 41.5 Å². The summed E-state index contributed by atoms with van der Waals surface area (Å²) >= 11 is 0. The molecule has 0 bridgehead atoms. The molecule has 0 spiro atoms. The van der Waals surface area contributed by atoms with E-state index in [9.17, 15) is 31.5 Å². The average molecular weight is 600 g/mol. The summed E-state index contributed by atoms with van der Waals surface area (Å²) in [6.07, 6.45) is -2.88. The van der Waals surface area contributed by atoms with Gasteiger partial charge in [0.05, 0.1) is 12.5 Å². The quantitative estimate of drug-likeness (QED) is 0.270. The van der Waals surface area contributed by atoms with E-state index in [1.807, 2.05) is 30.3 Å². The highest BCUT2D eigenvalue weighted by Gasteiger charge is 2.35. The van der Waals surface area contributed by atoms with E-state index in [0.29, 0.717) is 37.9 Å². The van der Waals surface area contributed by atoms with Crippen LogP contribution in [0.3, 0.4) is 0 Å². The van der Waals surface area contributed by atoms with Crippen molar-refractivity contribution in [1.82, 2.24) is 24.8 Å². The molecule has 1 saturated heterocycles. The van der Waals surface area contributed by atoms with E-state index in [1.54, 1.807) is 4.90 Å². The van der Waals surface area contributed by atoms with E-state index < -0.39 is 42.2 Å². The third-order valence-electron chi connectivity index (χ3n) is 8.59. The number of aromatic amines is 1. The number of piperidine rings is 1. The van der Waals surface area contributed by atoms with Crippen molar-refractivity contribution in [3.63, 3.8) is 0 Å². The van der Waals surface area contributed by atoms with Gasteiger partial charge in [0.2, 0.25) is 0 Å². The van der Waals surface area contributed by atoms with Crippen LogP contribution >= 0.6 is 0 Å². The molecule has 4 aromatic rings. The van der Waals surface area contributed by atoms with Crippen molar-refractivity contribution in [1.29, 1.82) is 0 Å². The van der Waals surface area contributed by atoms with E-state index in [4.69, 9.17) is 0 Å². The lowest BCUT2D eigenvalue weighted by atomic mass is 9.89. The third kappa shape index (κ3) is 6.00. The first-order valence-corrected chi connectivity index (χ1v) is 14.3. The van der Waals surface area contributed by atoms with Gasteiger partial charge in [-0.15, -0.1) is 0 Å².